The van der Waals surface area contributed by atoms with Crippen LogP contribution in [0.2, 0.25) is 0 Å². The van der Waals surface area contributed by atoms with Gasteiger partial charge in [0.25, 0.3) is 25.9 Å². The fraction of sp³-hybridized carbons (Fsp3) is 0. The number of halogens is 1. The summed E-state index contributed by atoms with van der Waals surface area (Å²) in [7, 11) is -9.73. The van der Waals surface area contributed by atoms with Crippen molar-refractivity contribution in [3.63, 3.8) is 0 Å². The van der Waals surface area contributed by atoms with Crippen LogP contribution in [0.25, 0.3) is 28.9 Å². The maximum atomic E-state index is 12.2. The summed E-state index contributed by atoms with van der Waals surface area (Å²) in [4.78, 5) is 10.2. The van der Waals surface area contributed by atoms with E-state index < -0.39 is 40.6 Å². The lowest BCUT2D eigenvalue weighted by atomic mass is 10.1. The van der Waals surface area contributed by atoms with Crippen LogP contribution in [0.4, 0.5) is 22.7 Å². The highest BCUT2D eigenvalue weighted by atomic mass is 79.9. The Morgan fingerprint density at radius 3 is 2.09 bits per heavy atom. The van der Waals surface area contributed by atoms with Crippen LogP contribution in [0, 0.1) is 10.1 Å². The summed E-state index contributed by atoms with van der Waals surface area (Å²) in [6.45, 7) is 0. The molecule has 0 fully saturated rings. The third-order valence-corrected chi connectivity index (χ3v) is 8.57. The summed E-state index contributed by atoms with van der Waals surface area (Å²) in [6.07, 6.45) is 2.24. The molecule has 1 aromatic heterocycles. The van der Waals surface area contributed by atoms with Crippen molar-refractivity contribution in [1.29, 1.82) is 0 Å². The van der Waals surface area contributed by atoms with Gasteiger partial charge in [-0.2, -0.15) is 26.7 Å². The molecule has 0 atom stereocenters. The van der Waals surface area contributed by atoms with Crippen LogP contribution in [0.15, 0.2) is 97.3 Å². The number of nitro benzene ring substituents is 1. The number of benzene rings is 4. The third kappa shape index (κ3) is 6.38. The van der Waals surface area contributed by atoms with E-state index in [-0.39, 0.29) is 28.2 Å². The molecule has 44 heavy (non-hydrogen) atoms. The molecule has 15 nitrogen and oxygen atoms in total. The first-order chi connectivity index (χ1) is 20.7. The van der Waals surface area contributed by atoms with Gasteiger partial charge in [0.05, 0.1) is 22.0 Å². The lowest BCUT2D eigenvalue weighted by molar-refractivity contribution is -0.385. The number of fused-ring (bicyclic) bond motifs is 1. The highest BCUT2D eigenvalue weighted by Crippen LogP contribution is 2.38. The van der Waals surface area contributed by atoms with Gasteiger partial charge >= 0.3 is 0 Å². The second kappa shape index (κ2) is 11.7. The van der Waals surface area contributed by atoms with E-state index in [1.54, 1.807) is 18.2 Å². The fourth-order valence-electron chi connectivity index (χ4n) is 4.03. The first-order valence-electron chi connectivity index (χ1n) is 12.1. The maximum absolute atomic E-state index is 12.2. The van der Waals surface area contributed by atoms with Gasteiger partial charge in [0.1, 0.15) is 26.5 Å². The lowest BCUT2D eigenvalue weighted by Crippen LogP contribution is -2.02. The number of aromatic nitrogens is 3. The van der Waals surface area contributed by atoms with E-state index in [0.29, 0.717) is 27.3 Å². The monoisotopic (exact) mass is 699 g/mol. The Bertz CT molecular complexity index is 2240. The van der Waals surface area contributed by atoms with Crippen molar-refractivity contribution in [3.8, 4) is 5.69 Å². The Morgan fingerprint density at radius 2 is 1.48 bits per heavy atom. The van der Waals surface area contributed by atoms with Crippen molar-refractivity contribution in [2.45, 2.75) is 9.79 Å². The van der Waals surface area contributed by atoms with Gasteiger partial charge in [-0.15, -0.1) is 15.3 Å². The van der Waals surface area contributed by atoms with Gasteiger partial charge in [-0.05, 0) is 63.5 Å². The van der Waals surface area contributed by atoms with Gasteiger partial charge in [-0.3, -0.25) is 19.2 Å². The molecule has 4 N–H and O–H groups in total. The molecular formula is C26H18BrN7O8S2. The van der Waals surface area contributed by atoms with E-state index in [4.69, 9.17) is 5.73 Å². The first kappa shape index (κ1) is 30.6. The van der Waals surface area contributed by atoms with Crippen molar-refractivity contribution in [3.05, 3.63) is 98.5 Å². The summed E-state index contributed by atoms with van der Waals surface area (Å²) in [5.41, 5.74) is 7.12. The molecule has 0 unspecified atom stereocenters. The zero-order valence-corrected chi connectivity index (χ0v) is 25.1. The minimum absolute atomic E-state index is 0.00767. The highest BCUT2D eigenvalue weighted by Gasteiger charge is 2.20. The van der Waals surface area contributed by atoms with E-state index in [1.807, 2.05) is 18.2 Å². The van der Waals surface area contributed by atoms with Crippen molar-refractivity contribution in [2.75, 3.05) is 5.73 Å². The fourth-order valence-corrected chi connectivity index (χ4v) is 5.84. The average Bonchev–Trinajstić information content (AvgIpc) is 3.39. The van der Waals surface area contributed by atoms with Crippen LogP contribution < -0.4 is 5.73 Å². The molecule has 0 aliphatic heterocycles. The number of non-ortho nitro benzene ring substituents is 1. The van der Waals surface area contributed by atoms with E-state index in [2.05, 4.69) is 36.4 Å². The van der Waals surface area contributed by atoms with Crippen molar-refractivity contribution in [1.82, 2.24) is 15.0 Å². The van der Waals surface area contributed by atoms with Crippen LogP contribution in [-0.4, -0.2) is 45.9 Å². The predicted molar refractivity (Wildman–Crippen MR) is 163 cm³/mol. The number of hydrogen-bond donors (Lipinski definition) is 3. The Morgan fingerprint density at radius 1 is 0.864 bits per heavy atom. The number of rotatable bonds is 8. The minimum Gasteiger partial charge on any atom is -0.396 e. The van der Waals surface area contributed by atoms with Crippen LogP contribution in [0.3, 0.4) is 0 Å². The van der Waals surface area contributed by atoms with Crippen LogP contribution >= 0.6 is 15.9 Å². The number of azo groups is 1. The molecule has 0 bridgehead atoms. The zero-order chi connectivity index (χ0) is 31.8. The highest BCUT2D eigenvalue weighted by molar-refractivity contribution is 9.10. The summed E-state index contributed by atoms with van der Waals surface area (Å²) < 4.78 is 68.0. The predicted octanol–water partition coefficient (Wildman–Crippen LogP) is 5.75. The van der Waals surface area contributed by atoms with Gasteiger partial charge in [-0.25, -0.2) is 0 Å². The zero-order valence-electron chi connectivity index (χ0n) is 21.9. The summed E-state index contributed by atoms with van der Waals surface area (Å²) in [5.74, 6) is 0. The minimum atomic E-state index is -4.88. The van der Waals surface area contributed by atoms with E-state index in [0.717, 1.165) is 30.4 Å². The van der Waals surface area contributed by atoms with E-state index in [9.17, 15) is 36.1 Å². The summed E-state index contributed by atoms with van der Waals surface area (Å²) >= 11 is 3.36. The SMILES string of the molecule is Nc1c(Br)cc2nn(-c3ccccc3)nc2c1N=Nc1ccc(/C=C/c2ccc([N+](=O)[O-])cc2S(=O)(=O)O)c(S(=O)(=O)O)c1. The van der Waals surface area contributed by atoms with Gasteiger partial charge in [0.2, 0.25) is 0 Å². The largest absolute Gasteiger partial charge is 0.396 e. The van der Waals surface area contributed by atoms with E-state index >= 15 is 0 Å². The molecule has 0 aliphatic rings. The molecular weight excluding hydrogens is 682 g/mol. The molecule has 0 amide bonds. The van der Waals surface area contributed by atoms with E-state index in [1.165, 1.54) is 16.9 Å². The Hall–Kier alpha value is -4.88. The first-order valence-corrected chi connectivity index (χ1v) is 15.8. The van der Waals surface area contributed by atoms with Gasteiger partial charge in [-0.1, -0.05) is 36.4 Å². The number of anilines is 1. The number of nitro groups is 1. The van der Waals surface area contributed by atoms with Crippen LogP contribution in [0.5, 0.6) is 0 Å². The maximum Gasteiger partial charge on any atom is 0.295 e. The number of nitrogen functional groups attached to an aromatic ring is 1. The standard InChI is InChI=1S/C26H18BrN7O8S2/c27-20-14-21-25(32-33(31-21)18-4-2-1-3-5-18)26(24(20)28)30-29-17-10-8-15(22(12-17)43(37,38)39)6-7-16-9-11-19(34(35)36)13-23(16)44(40,41)42/h1-14H,28H2,(H,37,38,39)(H,40,41,42)/b7-6+,30-29?. The van der Waals surface area contributed by atoms with Crippen molar-refractivity contribution >= 4 is 82.1 Å². The molecule has 1 heterocycles. The molecule has 5 rings (SSSR count). The van der Waals surface area contributed by atoms with Crippen molar-refractivity contribution in [2.24, 2.45) is 10.2 Å². The molecule has 18 heteroatoms. The molecule has 224 valence electrons. The summed E-state index contributed by atoms with van der Waals surface area (Å²) in [6, 6.07) is 17.1. The number of para-hydroxylation sites is 1. The quantitative estimate of drug-likeness (QED) is 0.0440. The topological polar surface area (TPSA) is 233 Å². The number of nitrogens with zero attached hydrogens (tertiary/aromatic N) is 6. The second-order valence-electron chi connectivity index (χ2n) is 9.00. The van der Waals surface area contributed by atoms with Crippen LogP contribution in [0.1, 0.15) is 11.1 Å². The molecule has 5 aromatic rings. The Labute approximate surface area is 257 Å². The number of nitrogens with two attached hydrogens (primary N) is 1. The van der Waals surface area contributed by atoms with Crippen molar-refractivity contribution < 1.29 is 30.9 Å². The molecule has 0 radical (unpaired) electrons. The average molecular weight is 701 g/mol. The summed E-state index contributed by atoms with van der Waals surface area (Å²) in [5, 5.41) is 28.2. The molecule has 0 saturated carbocycles. The Balaban J connectivity index is 1.54. The van der Waals surface area contributed by atoms with Crippen LogP contribution in [-0.2, 0) is 20.2 Å². The molecule has 0 saturated heterocycles. The molecule has 0 spiro atoms. The van der Waals surface area contributed by atoms with Gasteiger partial charge in [0.15, 0.2) is 0 Å². The Kier molecular flexibility index (Phi) is 8.10. The number of hydrogen-bond acceptors (Lipinski definition) is 11. The second-order valence-corrected chi connectivity index (χ2v) is 12.6. The third-order valence-electron chi connectivity index (χ3n) is 6.10. The van der Waals surface area contributed by atoms with Gasteiger partial charge < -0.3 is 5.73 Å². The van der Waals surface area contributed by atoms with Gasteiger partial charge in [0, 0.05) is 16.6 Å². The molecule has 0 aliphatic carbocycles. The molecule has 4 aromatic carbocycles. The lowest BCUT2D eigenvalue weighted by Gasteiger charge is -2.06. The smallest absolute Gasteiger partial charge is 0.295 e. The normalized spacial score (nSPS) is 12.4.